The first kappa shape index (κ1) is 11.6. The maximum absolute atomic E-state index is 13.3. The smallest absolute Gasteiger partial charge is 0.254 e. The molecule has 92 valence electrons. The van der Waals surface area contributed by atoms with E-state index in [9.17, 15) is 9.18 Å². The van der Waals surface area contributed by atoms with Gasteiger partial charge in [-0.15, -0.1) is 0 Å². The molecule has 0 aliphatic heterocycles. The minimum Gasteiger partial charge on any atom is -0.306 e. The van der Waals surface area contributed by atoms with Crippen LogP contribution in [0.25, 0.3) is 11.4 Å². The van der Waals surface area contributed by atoms with Crippen molar-refractivity contribution in [1.29, 1.82) is 0 Å². The van der Waals surface area contributed by atoms with Crippen LogP contribution in [0.5, 0.6) is 0 Å². The van der Waals surface area contributed by atoms with Crippen molar-refractivity contribution in [3.8, 4) is 11.4 Å². The van der Waals surface area contributed by atoms with Gasteiger partial charge in [-0.1, -0.05) is 15.9 Å². The zero-order chi connectivity index (χ0) is 12.7. The fraction of sp³-hybridized carbons (Fsp3) is 0.231. The Labute approximate surface area is 111 Å². The van der Waals surface area contributed by atoms with E-state index in [1.165, 1.54) is 12.1 Å². The summed E-state index contributed by atoms with van der Waals surface area (Å²) >= 11 is 3.34. The van der Waals surface area contributed by atoms with E-state index in [0.29, 0.717) is 15.9 Å². The number of aryl methyl sites for hydroxylation is 1. The molecule has 0 saturated carbocycles. The second-order valence-electron chi connectivity index (χ2n) is 4.32. The van der Waals surface area contributed by atoms with Gasteiger partial charge < -0.3 is 4.98 Å². The SMILES string of the molecule is O=c1[nH]c(-c2cc(F)ccc2Br)nc2c1CCC2. The van der Waals surface area contributed by atoms with Crippen molar-refractivity contribution in [3.05, 3.63) is 50.1 Å². The van der Waals surface area contributed by atoms with Crippen LogP contribution in [0, 0.1) is 5.82 Å². The van der Waals surface area contributed by atoms with E-state index in [-0.39, 0.29) is 11.4 Å². The molecule has 0 radical (unpaired) electrons. The molecule has 1 aliphatic carbocycles. The second kappa shape index (κ2) is 4.31. The minimum absolute atomic E-state index is 0.108. The van der Waals surface area contributed by atoms with Crippen molar-refractivity contribution < 1.29 is 4.39 Å². The van der Waals surface area contributed by atoms with E-state index < -0.39 is 0 Å². The van der Waals surface area contributed by atoms with Crippen molar-refractivity contribution in [1.82, 2.24) is 9.97 Å². The van der Waals surface area contributed by atoms with Crippen molar-refractivity contribution in [3.63, 3.8) is 0 Å². The molecule has 0 unspecified atom stereocenters. The molecule has 0 saturated heterocycles. The van der Waals surface area contributed by atoms with Crippen molar-refractivity contribution in [2.45, 2.75) is 19.3 Å². The van der Waals surface area contributed by atoms with E-state index in [0.717, 1.165) is 30.5 Å². The summed E-state index contributed by atoms with van der Waals surface area (Å²) in [6.45, 7) is 0. The highest BCUT2D eigenvalue weighted by atomic mass is 79.9. The summed E-state index contributed by atoms with van der Waals surface area (Å²) in [5.41, 5.74) is 2.07. The maximum Gasteiger partial charge on any atom is 0.254 e. The topological polar surface area (TPSA) is 45.8 Å². The van der Waals surface area contributed by atoms with Gasteiger partial charge in [-0.3, -0.25) is 4.79 Å². The summed E-state index contributed by atoms with van der Waals surface area (Å²) in [6.07, 6.45) is 2.56. The van der Waals surface area contributed by atoms with Gasteiger partial charge in [0.2, 0.25) is 0 Å². The van der Waals surface area contributed by atoms with Gasteiger partial charge in [0, 0.05) is 15.6 Å². The van der Waals surface area contributed by atoms with Gasteiger partial charge in [0.25, 0.3) is 5.56 Å². The fourth-order valence-electron chi connectivity index (χ4n) is 2.25. The third kappa shape index (κ3) is 1.88. The fourth-order valence-corrected chi connectivity index (χ4v) is 2.68. The van der Waals surface area contributed by atoms with Crippen molar-refractivity contribution in [2.75, 3.05) is 0 Å². The summed E-state index contributed by atoms with van der Waals surface area (Å²) in [7, 11) is 0. The lowest BCUT2D eigenvalue weighted by Crippen LogP contribution is -2.15. The Balaban J connectivity index is 2.21. The number of hydrogen-bond donors (Lipinski definition) is 1. The first-order valence-corrected chi connectivity index (χ1v) is 6.52. The molecular weight excluding hydrogens is 299 g/mol. The Hall–Kier alpha value is -1.49. The highest BCUT2D eigenvalue weighted by Gasteiger charge is 2.18. The molecule has 5 heteroatoms. The van der Waals surface area contributed by atoms with Crippen LogP contribution in [0.15, 0.2) is 27.5 Å². The Bertz CT molecular complexity index is 681. The summed E-state index contributed by atoms with van der Waals surface area (Å²) < 4.78 is 14.0. The van der Waals surface area contributed by atoms with Crippen LogP contribution < -0.4 is 5.56 Å². The quantitative estimate of drug-likeness (QED) is 0.880. The molecule has 1 N–H and O–H groups in total. The number of H-pyrrole nitrogens is 1. The summed E-state index contributed by atoms with van der Waals surface area (Å²) in [5, 5.41) is 0. The van der Waals surface area contributed by atoms with Crippen molar-refractivity contribution in [2.24, 2.45) is 0 Å². The molecule has 0 amide bonds. The molecule has 3 nitrogen and oxygen atoms in total. The number of nitrogens with one attached hydrogen (secondary N) is 1. The molecule has 2 aromatic rings. The molecule has 1 aliphatic rings. The van der Waals surface area contributed by atoms with Gasteiger partial charge in [0.05, 0.1) is 5.69 Å². The number of halogens is 2. The summed E-state index contributed by atoms with van der Waals surface area (Å²) in [4.78, 5) is 19.1. The predicted octanol–water partition coefficient (Wildman–Crippen LogP) is 2.83. The van der Waals surface area contributed by atoms with Crippen LogP contribution in [0.2, 0.25) is 0 Å². The van der Waals surface area contributed by atoms with Crippen LogP contribution >= 0.6 is 15.9 Å². The van der Waals surface area contributed by atoms with Crippen LogP contribution in [-0.2, 0) is 12.8 Å². The summed E-state index contributed by atoms with van der Waals surface area (Å²) in [5.74, 6) is 0.0726. The molecule has 3 rings (SSSR count). The lowest BCUT2D eigenvalue weighted by atomic mass is 10.2. The number of aromatic amines is 1. The largest absolute Gasteiger partial charge is 0.306 e. The summed E-state index contributed by atoms with van der Waals surface area (Å²) in [6, 6.07) is 4.33. The molecule has 0 bridgehead atoms. The van der Waals surface area contributed by atoms with Crippen LogP contribution in [0.3, 0.4) is 0 Å². The minimum atomic E-state index is -0.351. The third-order valence-corrected chi connectivity index (χ3v) is 3.82. The van der Waals surface area contributed by atoms with Crippen LogP contribution in [-0.4, -0.2) is 9.97 Å². The highest BCUT2D eigenvalue weighted by Crippen LogP contribution is 2.27. The number of fused-ring (bicyclic) bond motifs is 1. The molecular formula is C13H10BrFN2O. The van der Waals surface area contributed by atoms with Crippen LogP contribution in [0.4, 0.5) is 4.39 Å². The second-order valence-corrected chi connectivity index (χ2v) is 5.17. The molecule has 1 heterocycles. The molecule has 18 heavy (non-hydrogen) atoms. The van der Waals surface area contributed by atoms with Gasteiger partial charge in [-0.25, -0.2) is 9.37 Å². The lowest BCUT2D eigenvalue weighted by molar-refractivity contribution is 0.628. The Kier molecular flexibility index (Phi) is 2.78. The first-order valence-electron chi connectivity index (χ1n) is 5.72. The Morgan fingerprint density at radius 3 is 3.00 bits per heavy atom. The van der Waals surface area contributed by atoms with Gasteiger partial charge in [-0.2, -0.15) is 0 Å². The van der Waals surface area contributed by atoms with E-state index in [2.05, 4.69) is 25.9 Å². The van der Waals surface area contributed by atoms with Gasteiger partial charge in [0.15, 0.2) is 0 Å². The van der Waals surface area contributed by atoms with Crippen LogP contribution in [0.1, 0.15) is 17.7 Å². The predicted molar refractivity (Wildman–Crippen MR) is 70.0 cm³/mol. The number of hydrogen-bond acceptors (Lipinski definition) is 2. The number of benzene rings is 1. The maximum atomic E-state index is 13.3. The monoisotopic (exact) mass is 308 g/mol. The number of nitrogens with zero attached hydrogens (tertiary/aromatic N) is 1. The first-order chi connectivity index (χ1) is 8.65. The molecule has 1 aromatic heterocycles. The van der Waals surface area contributed by atoms with E-state index in [4.69, 9.17) is 0 Å². The molecule has 0 spiro atoms. The lowest BCUT2D eigenvalue weighted by Gasteiger charge is -2.06. The zero-order valence-electron chi connectivity index (χ0n) is 9.46. The molecule has 1 aromatic carbocycles. The van der Waals surface area contributed by atoms with E-state index in [1.54, 1.807) is 6.07 Å². The van der Waals surface area contributed by atoms with E-state index >= 15 is 0 Å². The van der Waals surface area contributed by atoms with E-state index in [1.807, 2.05) is 0 Å². The van der Waals surface area contributed by atoms with Crippen molar-refractivity contribution >= 4 is 15.9 Å². The average molecular weight is 309 g/mol. The highest BCUT2D eigenvalue weighted by molar-refractivity contribution is 9.10. The van der Waals surface area contributed by atoms with Gasteiger partial charge in [-0.05, 0) is 37.5 Å². The Morgan fingerprint density at radius 2 is 2.17 bits per heavy atom. The standard InChI is InChI=1S/C13H10BrFN2O/c14-10-5-4-7(15)6-9(10)12-16-11-3-1-2-8(11)13(18)17-12/h4-6H,1-3H2,(H,16,17,18). The molecule has 0 atom stereocenters. The average Bonchev–Trinajstić information content (AvgIpc) is 2.81. The van der Waals surface area contributed by atoms with Gasteiger partial charge >= 0.3 is 0 Å². The Morgan fingerprint density at radius 1 is 1.33 bits per heavy atom. The zero-order valence-corrected chi connectivity index (χ0v) is 11.1. The molecule has 0 fully saturated rings. The number of rotatable bonds is 1. The van der Waals surface area contributed by atoms with Gasteiger partial charge in [0.1, 0.15) is 11.6 Å². The normalized spacial score (nSPS) is 13.7. The number of aromatic nitrogens is 2. The third-order valence-electron chi connectivity index (χ3n) is 3.13.